The molecular formula is C10H9F3N4O2. The Kier molecular flexibility index (Phi) is 3.05. The highest BCUT2D eigenvalue weighted by molar-refractivity contribution is 5.89. The van der Waals surface area contributed by atoms with Crippen molar-refractivity contribution in [2.24, 2.45) is 7.05 Å². The second-order valence-electron chi connectivity index (χ2n) is 3.94. The van der Waals surface area contributed by atoms with E-state index in [4.69, 9.17) is 5.11 Å². The lowest BCUT2D eigenvalue weighted by Crippen LogP contribution is -2.09. The van der Waals surface area contributed by atoms with Gasteiger partial charge in [0, 0.05) is 25.6 Å². The van der Waals surface area contributed by atoms with Crippen LogP contribution in [0.1, 0.15) is 21.6 Å². The molecule has 0 aliphatic heterocycles. The van der Waals surface area contributed by atoms with Gasteiger partial charge in [-0.25, -0.2) is 4.79 Å². The van der Waals surface area contributed by atoms with E-state index in [0.29, 0.717) is 5.69 Å². The number of hydrogen-bond acceptors (Lipinski definition) is 3. The Balaban J connectivity index is 2.35. The lowest BCUT2D eigenvalue weighted by Gasteiger charge is -2.04. The number of halogens is 3. The first-order chi connectivity index (χ1) is 8.77. The van der Waals surface area contributed by atoms with Gasteiger partial charge in [0.15, 0.2) is 0 Å². The molecule has 0 amide bonds. The number of aryl methyl sites for hydroxylation is 1. The van der Waals surface area contributed by atoms with Crippen LogP contribution in [0.3, 0.4) is 0 Å². The molecule has 0 aromatic carbocycles. The van der Waals surface area contributed by atoms with Crippen LogP contribution in [0.4, 0.5) is 13.2 Å². The smallest absolute Gasteiger partial charge is 0.418 e. The first-order valence-electron chi connectivity index (χ1n) is 5.13. The SMILES string of the molecule is Cn1cc(Cn2cc(C(=O)O)c(C(F)(F)F)c2)nn1. The molecule has 0 saturated carbocycles. The summed E-state index contributed by atoms with van der Waals surface area (Å²) in [6.45, 7) is 0.0181. The van der Waals surface area contributed by atoms with Crippen molar-refractivity contribution in [1.29, 1.82) is 0 Å². The first-order valence-corrected chi connectivity index (χ1v) is 5.13. The zero-order valence-corrected chi connectivity index (χ0v) is 9.72. The molecule has 0 saturated heterocycles. The predicted octanol–water partition coefficient (Wildman–Crippen LogP) is 1.38. The van der Waals surface area contributed by atoms with Crippen molar-refractivity contribution < 1.29 is 23.1 Å². The number of carboxylic acid groups (broad SMARTS) is 1. The van der Waals surface area contributed by atoms with Crippen LogP contribution in [0.25, 0.3) is 0 Å². The van der Waals surface area contributed by atoms with Crippen LogP contribution in [0, 0.1) is 0 Å². The Bertz CT molecular complexity index is 615. The lowest BCUT2D eigenvalue weighted by atomic mass is 10.2. The molecule has 0 fully saturated rings. The molecule has 0 radical (unpaired) electrons. The first kappa shape index (κ1) is 13.1. The van der Waals surface area contributed by atoms with Gasteiger partial charge in [0.05, 0.1) is 17.7 Å². The summed E-state index contributed by atoms with van der Waals surface area (Å²) in [4.78, 5) is 10.8. The summed E-state index contributed by atoms with van der Waals surface area (Å²) >= 11 is 0. The van der Waals surface area contributed by atoms with E-state index in [1.54, 1.807) is 7.05 Å². The molecule has 0 unspecified atom stereocenters. The van der Waals surface area contributed by atoms with Crippen molar-refractivity contribution >= 4 is 5.97 Å². The van der Waals surface area contributed by atoms with E-state index in [2.05, 4.69) is 10.3 Å². The second-order valence-corrected chi connectivity index (χ2v) is 3.94. The van der Waals surface area contributed by atoms with Gasteiger partial charge in [-0.15, -0.1) is 5.10 Å². The fourth-order valence-corrected chi connectivity index (χ4v) is 1.65. The summed E-state index contributed by atoms with van der Waals surface area (Å²) in [5.74, 6) is -1.62. The van der Waals surface area contributed by atoms with E-state index in [0.717, 1.165) is 17.0 Å². The molecule has 0 aliphatic rings. The third-order valence-corrected chi connectivity index (χ3v) is 2.41. The minimum atomic E-state index is -4.71. The van der Waals surface area contributed by atoms with Gasteiger partial charge < -0.3 is 9.67 Å². The van der Waals surface area contributed by atoms with Gasteiger partial charge in [-0.1, -0.05) is 5.21 Å². The maximum atomic E-state index is 12.7. The molecule has 19 heavy (non-hydrogen) atoms. The molecule has 6 nitrogen and oxygen atoms in total. The molecule has 0 aliphatic carbocycles. The number of rotatable bonds is 3. The normalized spacial score (nSPS) is 11.8. The van der Waals surface area contributed by atoms with E-state index in [9.17, 15) is 18.0 Å². The highest BCUT2D eigenvalue weighted by atomic mass is 19.4. The monoisotopic (exact) mass is 274 g/mol. The fraction of sp³-hybridized carbons (Fsp3) is 0.300. The summed E-state index contributed by atoms with van der Waals surface area (Å²) in [5, 5.41) is 16.1. The topological polar surface area (TPSA) is 72.9 Å². The molecule has 9 heteroatoms. The molecule has 102 valence electrons. The second kappa shape index (κ2) is 4.41. The molecule has 2 heterocycles. The van der Waals surface area contributed by atoms with Crippen LogP contribution in [-0.4, -0.2) is 30.6 Å². The number of aromatic carboxylic acids is 1. The van der Waals surface area contributed by atoms with Crippen molar-refractivity contribution in [3.05, 3.63) is 35.4 Å². The van der Waals surface area contributed by atoms with Crippen LogP contribution < -0.4 is 0 Å². The van der Waals surface area contributed by atoms with Crippen LogP contribution in [0.5, 0.6) is 0 Å². The molecule has 0 spiro atoms. The molecule has 1 N–H and O–H groups in total. The third kappa shape index (κ3) is 2.75. The average molecular weight is 274 g/mol. The number of aromatic nitrogens is 4. The number of alkyl halides is 3. The molecule has 2 rings (SSSR count). The lowest BCUT2D eigenvalue weighted by molar-refractivity contribution is -0.138. The maximum Gasteiger partial charge on any atom is 0.418 e. The van der Waals surface area contributed by atoms with Crippen molar-refractivity contribution in [1.82, 2.24) is 19.6 Å². The Morgan fingerprint density at radius 1 is 1.37 bits per heavy atom. The van der Waals surface area contributed by atoms with Gasteiger partial charge in [0.25, 0.3) is 0 Å². The Morgan fingerprint density at radius 3 is 2.47 bits per heavy atom. The number of carboxylic acids is 1. The van der Waals surface area contributed by atoms with Crippen LogP contribution in [0.2, 0.25) is 0 Å². The fourth-order valence-electron chi connectivity index (χ4n) is 1.65. The van der Waals surface area contributed by atoms with Crippen LogP contribution >= 0.6 is 0 Å². The van der Waals surface area contributed by atoms with Crippen molar-refractivity contribution in [3.63, 3.8) is 0 Å². The summed E-state index contributed by atoms with van der Waals surface area (Å²) < 4.78 is 40.5. The number of hydrogen-bond donors (Lipinski definition) is 1. The molecule has 2 aromatic rings. The molecule has 0 bridgehead atoms. The van der Waals surface area contributed by atoms with Gasteiger partial charge in [-0.3, -0.25) is 4.68 Å². The van der Waals surface area contributed by atoms with Crippen molar-refractivity contribution in [3.8, 4) is 0 Å². The quantitative estimate of drug-likeness (QED) is 0.917. The number of carbonyl (C=O) groups is 1. The highest BCUT2D eigenvalue weighted by Crippen LogP contribution is 2.32. The third-order valence-electron chi connectivity index (χ3n) is 2.41. The van der Waals surface area contributed by atoms with E-state index in [-0.39, 0.29) is 6.54 Å². The Hall–Kier alpha value is -2.32. The summed E-state index contributed by atoms with van der Waals surface area (Å²) in [6.07, 6.45) is -1.49. The van der Waals surface area contributed by atoms with Gasteiger partial charge >= 0.3 is 12.1 Å². The van der Waals surface area contributed by atoms with Crippen molar-refractivity contribution in [2.75, 3.05) is 0 Å². The zero-order chi connectivity index (χ0) is 14.2. The van der Waals surface area contributed by atoms with Gasteiger partial charge in [0.2, 0.25) is 0 Å². The van der Waals surface area contributed by atoms with E-state index in [1.807, 2.05) is 0 Å². The Labute approximate surface area is 105 Å². The van der Waals surface area contributed by atoms with Crippen LogP contribution in [-0.2, 0) is 19.8 Å². The minimum absolute atomic E-state index is 0.0181. The van der Waals surface area contributed by atoms with Gasteiger partial charge in [-0.05, 0) is 0 Å². The average Bonchev–Trinajstić information content (AvgIpc) is 2.85. The highest BCUT2D eigenvalue weighted by Gasteiger charge is 2.37. The van der Waals surface area contributed by atoms with E-state index in [1.165, 1.54) is 10.9 Å². The van der Waals surface area contributed by atoms with Crippen LogP contribution in [0.15, 0.2) is 18.6 Å². The van der Waals surface area contributed by atoms with E-state index >= 15 is 0 Å². The predicted molar refractivity (Wildman–Crippen MR) is 56.5 cm³/mol. The molecular weight excluding hydrogens is 265 g/mol. The van der Waals surface area contributed by atoms with Crippen molar-refractivity contribution in [2.45, 2.75) is 12.7 Å². The molecule has 0 atom stereocenters. The van der Waals surface area contributed by atoms with Gasteiger partial charge in [0.1, 0.15) is 5.69 Å². The summed E-state index contributed by atoms with van der Waals surface area (Å²) in [6, 6.07) is 0. The van der Waals surface area contributed by atoms with Gasteiger partial charge in [-0.2, -0.15) is 13.2 Å². The zero-order valence-electron chi connectivity index (χ0n) is 9.72. The summed E-state index contributed by atoms with van der Waals surface area (Å²) in [7, 11) is 1.62. The largest absolute Gasteiger partial charge is 0.478 e. The maximum absolute atomic E-state index is 12.7. The number of nitrogens with zero attached hydrogens (tertiary/aromatic N) is 4. The Morgan fingerprint density at radius 2 is 2.05 bits per heavy atom. The van der Waals surface area contributed by atoms with E-state index < -0.39 is 23.3 Å². The summed E-state index contributed by atoms with van der Waals surface area (Å²) in [5.41, 5.74) is -1.52. The minimum Gasteiger partial charge on any atom is -0.478 e. The molecule has 2 aromatic heterocycles. The standard InChI is InChI=1S/C10H9F3N4O2/c1-16-2-6(14-15-16)3-17-4-7(9(18)19)8(5-17)10(11,12)13/h2,4-5H,3H2,1H3,(H,18,19).